The van der Waals surface area contributed by atoms with Crippen LogP contribution in [0.15, 0.2) is 146 Å². The van der Waals surface area contributed by atoms with Gasteiger partial charge in [0.25, 0.3) is 47.3 Å². The maximum atomic E-state index is 15.3. The largest absolute Gasteiger partial charge is 0.508 e. The van der Waals surface area contributed by atoms with Crippen LogP contribution >= 0.6 is 33.8 Å². The number of hydrogen-bond acceptors (Lipinski definition) is 22. The molecule has 3 fully saturated rings. The van der Waals surface area contributed by atoms with E-state index in [0.29, 0.717) is 26.5 Å². The standard InChI is InChI=1S/C31H34F5N3O7.C29H32F5N3O6.C22H23NO7.C9H13F5N2O.Cl2OS.ClH/c1-17-21(12-9-13-23(17)45-18(2)40)26(42)38-22(14-20-10-7-6-8-11-20)24(46-19(3)41)28(44)39-16-30(32,33)29(4,5)25(39)27(43)37-15-31(34,35)36;1-16-19(11-8-12-21(16)39)24(40)36-20(13-18-9-6-5-7-10-18)22(43-17(2)38)26(42)37-15-28(30,31)27(3,4)23(37)25(41)35-14-29(32,33)34;1-13-17(10-7-11-19(13)29-14(2)24)21(26)23-18(12-16-8-5-4-6-9-16)20(22(27)28)30-15(3)25;1-7(2)5(15-3-8(7,10)11)6(17)16-4-9(12,13)14;1-4(2)3;/h6-13,22,24-25H,14-16H2,1-5H3,(H,37,43)(H,38,42);5-12,20,22-23,39H,13-15H2,1-4H3,(H,35,41)(H,36,40);4-11,18,20H,12H2,1-3H3,(H,23,26)(H,27,28);5,15H,3-4H2,1-2H3,(H,16,17);;1H/t22-,24-,25?;20-,22-,23?;18-,20-;;;/m000.../s1. The summed E-state index contributed by atoms with van der Waals surface area (Å²) < 4.78 is 235. The van der Waals surface area contributed by atoms with Gasteiger partial charge in [-0.25, -0.2) is 35.3 Å². The number of ether oxygens (including phenoxy) is 5. The Hall–Kier alpha value is -12.4. The molecule has 0 aliphatic carbocycles. The number of hydrogen-bond donors (Lipinski definition) is 9. The number of aliphatic carboxylic acids is 1. The highest BCUT2D eigenvalue weighted by Crippen LogP contribution is 2.51. The lowest BCUT2D eigenvalue weighted by molar-refractivity contribution is -0.164. The van der Waals surface area contributed by atoms with Gasteiger partial charge < -0.3 is 75.6 Å². The Morgan fingerprint density at radius 2 is 0.709 bits per heavy atom. The number of alkyl halides is 15. The number of phenols is 1. The Labute approximate surface area is 815 Å². The van der Waals surface area contributed by atoms with E-state index in [1.165, 1.54) is 63.2 Å². The molecule has 6 aromatic carbocycles. The predicted octanol–water partition coefficient (Wildman–Crippen LogP) is 12.3. The van der Waals surface area contributed by atoms with Gasteiger partial charge in [0.2, 0.25) is 45.3 Å². The van der Waals surface area contributed by atoms with Crippen LogP contribution in [0.1, 0.15) is 141 Å². The highest BCUT2D eigenvalue weighted by atomic mass is 36.0. The fourth-order valence-corrected chi connectivity index (χ4v) is 14.7. The number of amides is 8. The van der Waals surface area contributed by atoms with Gasteiger partial charge in [0.05, 0.1) is 60.0 Å². The van der Waals surface area contributed by atoms with Gasteiger partial charge in [-0.15, -0.1) is 12.4 Å². The molecule has 3 unspecified atom stereocenters. The van der Waals surface area contributed by atoms with Crippen molar-refractivity contribution in [2.45, 2.75) is 207 Å². The highest BCUT2D eigenvalue weighted by molar-refractivity contribution is 8.26. The molecule has 3 heterocycles. The highest BCUT2D eigenvalue weighted by Gasteiger charge is 2.67. The Morgan fingerprint density at radius 3 is 0.986 bits per heavy atom. The van der Waals surface area contributed by atoms with Gasteiger partial charge in [0.15, 0.2) is 0 Å². The van der Waals surface area contributed by atoms with Gasteiger partial charge in [-0.05, 0) is 93.1 Å². The molecule has 9 atom stereocenters. The number of nitrogens with one attached hydrogen (secondary N) is 7. The molecule has 3 saturated heterocycles. The van der Waals surface area contributed by atoms with E-state index < -0.39 is 239 Å². The Balaban J connectivity index is 0.000000404. The molecule has 8 amide bonds. The molecule has 6 aromatic rings. The third-order valence-corrected chi connectivity index (χ3v) is 22.2. The summed E-state index contributed by atoms with van der Waals surface area (Å²) in [7, 11) is 7.36. The van der Waals surface area contributed by atoms with Gasteiger partial charge in [0.1, 0.15) is 49.0 Å². The first kappa shape index (κ1) is 121. The number of halogens is 18. The van der Waals surface area contributed by atoms with E-state index in [9.17, 15) is 126 Å². The minimum absolute atomic E-state index is 0. The summed E-state index contributed by atoms with van der Waals surface area (Å²) in [6.07, 6.45) is -20.0. The van der Waals surface area contributed by atoms with Crippen molar-refractivity contribution >= 4 is 126 Å². The van der Waals surface area contributed by atoms with Crippen LogP contribution in [0, 0.1) is 37.0 Å². The first-order valence-corrected chi connectivity index (χ1v) is 44.7. The van der Waals surface area contributed by atoms with Crippen LogP contribution in [0.2, 0.25) is 0 Å². The lowest BCUT2D eigenvalue weighted by Crippen LogP contribution is -2.59. The van der Waals surface area contributed by atoms with Crippen molar-refractivity contribution in [3.8, 4) is 17.2 Å². The molecule has 0 saturated carbocycles. The van der Waals surface area contributed by atoms with Crippen molar-refractivity contribution < 1.29 is 171 Å². The van der Waals surface area contributed by atoms with E-state index in [0.717, 1.165) is 74.8 Å². The first-order valence-electron chi connectivity index (χ1n) is 41.9. The third kappa shape index (κ3) is 34.8. The van der Waals surface area contributed by atoms with E-state index in [1.807, 2.05) is 6.07 Å². The summed E-state index contributed by atoms with van der Waals surface area (Å²) in [4.78, 5) is 176. The van der Waals surface area contributed by atoms with Crippen LogP contribution in [0.25, 0.3) is 0 Å². The second-order valence-electron chi connectivity index (χ2n) is 33.7. The number of carboxylic acids is 1. The minimum Gasteiger partial charge on any atom is -0.508 e. The molecule has 0 radical (unpaired) electrons. The third-order valence-electron chi connectivity index (χ3n) is 22.2. The Bertz CT molecular complexity index is 5460. The average molecular weight is 2100 g/mol. The second-order valence-corrected chi connectivity index (χ2v) is 36.3. The van der Waals surface area contributed by atoms with Gasteiger partial charge in [0, 0.05) is 89.4 Å². The minimum atomic E-state index is -4.87. The average Bonchev–Trinajstić information content (AvgIpc) is 1.58. The summed E-state index contributed by atoms with van der Waals surface area (Å²) in [5.74, 6) is -24.8. The number of aromatic hydroxyl groups is 1. The predicted molar refractivity (Wildman–Crippen MR) is 480 cm³/mol. The monoisotopic (exact) mass is 2100 g/mol. The summed E-state index contributed by atoms with van der Waals surface area (Å²) in [6.45, 7) is 7.34. The molecule has 141 heavy (non-hydrogen) atoms. The zero-order chi connectivity index (χ0) is 106. The van der Waals surface area contributed by atoms with Crippen LogP contribution in [0.5, 0.6) is 17.2 Å². The number of benzene rings is 6. The molecule has 0 aromatic heterocycles. The lowest BCUT2D eigenvalue weighted by atomic mass is 9.81. The molecule has 3 aliphatic rings. The number of carboxylic acid groups (broad SMARTS) is 1. The van der Waals surface area contributed by atoms with E-state index in [1.54, 1.807) is 120 Å². The fraction of sp³-hybridized carbons (Fsp3) is 0.451. The van der Waals surface area contributed by atoms with Crippen LogP contribution in [-0.2, 0) is 95.4 Å². The molecule has 9 rings (SSSR count). The quantitative estimate of drug-likeness (QED) is 0.00692. The molecule has 3 aliphatic heterocycles. The van der Waals surface area contributed by atoms with Crippen molar-refractivity contribution in [3.63, 3.8) is 0 Å². The van der Waals surface area contributed by atoms with Crippen molar-refractivity contribution in [1.29, 1.82) is 0 Å². The SMILES string of the molecule is CC(=O)O[C@H](C(=O)N1CC(F)(F)C(C)(C)C1C(=O)NCC(F)(F)F)[C@H](Cc1ccccc1)NC(=O)c1cccc(O)c1C.CC(=O)Oc1cccc(C(=O)N[C@@H](Cc2ccccc2)[C@H](OC(C)=O)C(=O)N2CC(F)(F)C(C)(C)C2C(=O)NCC(F)(F)F)c1C.CC(=O)Oc1cccc(C(=O)N[C@@H](Cc2ccccc2)[C@H](OC(C)=O)C(=O)O)c1C.CC1(C)C(C(=O)NCC(F)(F)F)NCC1(F)F.Cl.O=S(Cl)Cl. The van der Waals surface area contributed by atoms with E-state index in [-0.39, 0.29) is 76.7 Å². The van der Waals surface area contributed by atoms with Gasteiger partial charge in [-0.2, -0.15) is 39.5 Å². The zero-order valence-corrected chi connectivity index (χ0v) is 80.8. The Morgan fingerprint density at radius 1 is 0.426 bits per heavy atom. The number of rotatable bonds is 29. The maximum Gasteiger partial charge on any atom is 0.405 e. The number of carbonyl (C=O) groups excluding carboxylic acids is 13. The number of likely N-dealkylation sites (tertiary alicyclic amines) is 2. The molecule has 31 nitrogen and oxygen atoms in total. The van der Waals surface area contributed by atoms with Crippen LogP contribution in [0.3, 0.4) is 0 Å². The summed E-state index contributed by atoms with van der Waals surface area (Å²) in [5, 5.41) is 34.4. The van der Waals surface area contributed by atoms with Crippen molar-refractivity contribution in [2.24, 2.45) is 16.2 Å². The van der Waals surface area contributed by atoms with E-state index in [2.05, 4.69) is 42.6 Å². The molecule has 9 N–H and O–H groups in total. The first-order chi connectivity index (χ1) is 64.5. The van der Waals surface area contributed by atoms with Crippen LogP contribution < -0.4 is 46.7 Å². The summed E-state index contributed by atoms with van der Waals surface area (Å²) in [5.41, 5.74) is -3.50. The Kier molecular flexibility index (Phi) is 43.6. The maximum absolute atomic E-state index is 15.3. The van der Waals surface area contributed by atoms with Crippen molar-refractivity contribution in [3.05, 3.63) is 196 Å². The molecule has 0 bridgehead atoms. The molecule has 776 valence electrons. The number of nitrogens with zero attached hydrogens (tertiary/aromatic N) is 2. The van der Waals surface area contributed by atoms with Crippen molar-refractivity contribution in [2.75, 3.05) is 39.3 Å². The lowest BCUT2D eigenvalue weighted by Gasteiger charge is -2.35. The van der Waals surface area contributed by atoms with Crippen LogP contribution in [0.4, 0.5) is 65.9 Å². The topological polar surface area (TPSA) is 433 Å². The van der Waals surface area contributed by atoms with E-state index in [4.69, 9.17) is 27.9 Å². The zero-order valence-electron chi connectivity index (χ0n) is 77.6. The smallest absolute Gasteiger partial charge is 0.405 e. The fourth-order valence-electron chi connectivity index (χ4n) is 14.7. The van der Waals surface area contributed by atoms with Crippen molar-refractivity contribution in [1.82, 2.24) is 47.0 Å². The number of carbonyl (C=O) groups is 14. The van der Waals surface area contributed by atoms with Gasteiger partial charge >= 0.3 is 54.3 Å². The molecule has 0 spiro atoms. The normalized spacial score (nSPS) is 17.8. The summed E-state index contributed by atoms with van der Waals surface area (Å²) >= 11 is 0. The van der Waals surface area contributed by atoms with Gasteiger partial charge in [-0.3, -0.25) is 67.6 Å². The van der Waals surface area contributed by atoms with E-state index >= 15 is 17.6 Å². The van der Waals surface area contributed by atoms with Gasteiger partial charge in [-0.1, -0.05) is 151 Å². The number of esters is 5. The summed E-state index contributed by atoms with van der Waals surface area (Å²) in [6, 6.07) is 29.1. The molecule has 50 heteroatoms. The second kappa shape index (κ2) is 50.8. The molecular weight excluding hydrogens is 1990 g/mol. The molecular formula is C91H103Cl3F15N9O22S. The van der Waals surface area contributed by atoms with Crippen LogP contribution in [-0.4, -0.2) is 237 Å². The number of phenolic OH excluding ortho intramolecular Hbond substituents is 1.